The third kappa shape index (κ3) is 4.35. The third-order valence-electron chi connectivity index (χ3n) is 3.00. The lowest BCUT2D eigenvalue weighted by atomic mass is 10.1. The lowest BCUT2D eigenvalue weighted by molar-refractivity contribution is 0.337. The highest BCUT2D eigenvalue weighted by Crippen LogP contribution is 2.25. The number of halogens is 3. The maximum atomic E-state index is 13.8. The van der Waals surface area contributed by atoms with Crippen molar-refractivity contribution in [3.05, 3.63) is 57.8 Å². The summed E-state index contributed by atoms with van der Waals surface area (Å²) in [6, 6.07) is 10.7. The summed E-state index contributed by atoms with van der Waals surface area (Å²) in [5.41, 5.74) is 2.41. The summed E-state index contributed by atoms with van der Waals surface area (Å²) < 4.78 is 20.0. The van der Waals surface area contributed by atoms with E-state index in [0.717, 1.165) is 21.5 Å². The second-order valence-electron chi connectivity index (χ2n) is 4.48. The summed E-state index contributed by atoms with van der Waals surface area (Å²) in [6.45, 7) is 2.94. The van der Waals surface area contributed by atoms with Crippen molar-refractivity contribution in [1.82, 2.24) is 0 Å². The average Bonchev–Trinajstić information content (AvgIpc) is 2.47. The zero-order valence-electron chi connectivity index (χ0n) is 11.6. The molecule has 0 aliphatic rings. The van der Waals surface area contributed by atoms with Crippen molar-refractivity contribution in [1.29, 1.82) is 0 Å². The minimum atomic E-state index is -0.236. The Morgan fingerprint density at radius 2 is 2.00 bits per heavy atom. The summed E-state index contributed by atoms with van der Waals surface area (Å²) in [6.07, 6.45) is 0. The van der Waals surface area contributed by atoms with Gasteiger partial charge in [0.15, 0.2) is 0 Å². The average molecular weight is 373 g/mol. The Morgan fingerprint density at radius 3 is 2.67 bits per heavy atom. The van der Waals surface area contributed by atoms with Gasteiger partial charge in [0.05, 0.1) is 12.5 Å². The standard InChI is InChI=1S/C16H16BrClFNO/c1-2-21-16-6-5-14(7-12(16)9-18)20-10-11-3-4-13(17)8-15(11)19/h3-8,20H,2,9-10H2,1H3. The molecule has 2 rings (SSSR count). The maximum absolute atomic E-state index is 13.8. The predicted molar refractivity (Wildman–Crippen MR) is 88.6 cm³/mol. The van der Waals surface area contributed by atoms with Crippen LogP contribution in [0.3, 0.4) is 0 Å². The molecule has 0 radical (unpaired) electrons. The zero-order chi connectivity index (χ0) is 15.2. The summed E-state index contributed by atoms with van der Waals surface area (Å²) >= 11 is 9.17. The first kappa shape index (κ1) is 16.1. The number of alkyl halides is 1. The molecule has 0 saturated heterocycles. The van der Waals surface area contributed by atoms with Gasteiger partial charge in [-0.05, 0) is 37.3 Å². The Hall–Kier alpha value is -1.26. The van der Waals surface area contributed by atoms with Gasteiger partial charge in [-0.1, -0.05) is 22.0 Å². The first-order valence-electron chi connectivity index (χ1n) is 6.63. The van der Waals surface area contributed by atoms with Gasteiger partial charge in [0.25, 0.3) is 0 Å². The van der Waals surface area contributed by atoms with Crippen LogP contribution in [0.25, 0.3) is 0 Å². The van der Waals surface area contributed by atoms with Crippen molar-refractivity contribution >= 4 is 33.2 Å². The Kier molecular flexibility index (Phi) is 5.88. The van der Waals surface area contributed by atoms with Crippen LogP contribution in [0, 0.1) is 5.82 Å². The normalized spacial score (nSPS) is 10.5. The number of rotatable bonds is 6. The Bertz CT molecular complexity index is 621. The fourth-order valence-electron chi connectivity index (χ4n) is 1.95. The van der Waals surface area contributed by atoms with E-state index in [2.05, 4.69) is 21.2 Å². The lowest BCUT2D eigenvalue weighted by Gasteiger charge is -2.12. The zero-order valence-corrected chi connectivity index (χ0v) is 14.0. The number of hydrogen-bond acceptors (Lipinski definition) is 2. The van der Waals surface area contributed by atoms with Gasteiger partial charge in [-0.3, -0.25) is 0 Å². The molecule has 0 amide bonds. The van der Waals surface area contributed by atoms with Gasteiger partial charge in [-0.25, -0.2) is 4.39 Å². The van der Waals surface area contributed by atoms with E-state index in [4.69, 9.17) is 16.3 Å². The third-order valence-corrected chi connectivity index (χ3v) is 3.78. The molecule has 112 valence electrons. The van der Waals surface area contributed by atoms with Gasteiger partial charge in [0, 0.05) is 27.8 Å². The predicted octanol–water partition coefficient (Wildman–Crippen LogP) is 5.34. The van der Waals surface area contributed by atoms with Crippen molar-refractivity contribution in [2.24, 2.45) is 0 Å². The molecule has 0 aliphatic carbocycles. The molecular formula is C16H16BrClFNO. The molecule has 0 aromatic heterocycles. The molecule has 1 N–H and O–H groups in total. The second kappa shape index (κ2) is 7.66. The molecule has 0 unspecified atom stereocenters. The topological polar surface area (TPSA) is 21.3 Å². The minimum Gasteiger partial charge on any atom is -0.494 e. The second-order valence-corrected chi connectivity index (χ2v) is 5.66. The van der Waals surface area contributed by atoms with Gasteiger partial charge < -0.3 is 10.1 Å². The Morgan fingerprint density at radius 1 is 1.19 bits per heavy atom. The molecule has 0 fully saturated rings. The van der Waals surface area contributed by atoms with Crippen LogP contribution in [0.1, 0.15) is 18.1 Å². The van der Waals surface area contributed by atoms with E-state index >= 15 is 0 Å². The monoisotopic (exact) mass is 371 g/mol. The highest BCUT2D eigenvalue weighted by Gasteiger charge is 2.06. The highest BCUT2D eigenvalue weighted by molar-refractivity contribution is 9.10. The summed E-state index contributed by atoms with van der Waals surface area (Å²) in [4.78, 5) is 0. The van der Waals surface area contributed by atoms with E-state index in [0.29, 0.717) is 24.6 Å². The molecule has 2 nitrogen and oxygen atoms in total. The molecule has 0 spiro atoms. The van der Waals surface area contributed by atoms with E-state index in [-0.39, 0.29) is 5.82 Å². The fourth-order valence-corrected chi connectivity index (χ4v) is 2.49. The van der Waals surface area contributed by atoms with Crippen LogP contribution in [0.2, 0.25) is 0 Å². The number of anilines is 1. The Labute approximate surface area is 137 Å². The number of benzene rings is 2. The molecule has 0 atom stereocenters. The van der Waals surface area contributed by atoms with Crippen LogP contribution in [0.5, 0.6) is 5.75 Å². The lowest BCUT2D eigenvalue weighted by Crippen LogP contribution is -2.03. The van der Waals surface area contributed by atoms with Crippen LogP contribution in [-0.2, 0) is 12.4 Å². The number of nitrogens with one attached hydrogen (secondary N) is 1. The van der Waals surface area contributed by atoms with Crippen LogP contribution >= 0.6 is 27.5 Å². The summed E-state index contributed by atoms with van der Waals surface area (Å²) in [7, 11) is 0. The molecule has 0 heterocycles. The fraction of sp³-hybridized carbons (Fsp3) is 0.250. The summed E-state index contributed by atoms with van der Waals surface area (Å²) in [5.74, 6) is 0.922. The van der Waals surface area contributed by atoms with E-state index in [1.807, 2.05) is 31.2 Å². The van der Waals surface area contributed by atoms with Crippen LogP contribution in [0.15, 0.2) is 40.9 Å². The molecular weight excluding hydrogens is 357 g/mol. The van der Waals surface area contributed by atoms with Crippen molar-refractivity contribution < 1.29 is 9.13 Å². The molecule has 0 aliphatic heterocycles. The van der Waals surface area contributed by atoms with Gasteiger partial charge >= 0.3 is 0 Å². The maximum Gasteiger partial charge on any atom is 0.129 e. The minimum absolute atomic E-state index is 0.236. The molecule has 0 bridgehead atoms. The van der Waals surface area contributed by atoms with Gasteiger partial charge in [-0.15, -0.1) is 11.6 Å². The van der Waals surface area contributed by atoms with Crippen molar-refractivity contribution in [2.45, 2.75) is 19.3 Å². The van der Waals surface area contributed by atoms with E-state index < -0.39 is 0 Å². The van der Waals surface area contributed by atoms with Crippen molar-refractivity contribution in [3.63, 3.8) is 0 Å². The van der Waals surface area contributed by atoms with Crippen LogP contribution < -0.4 is 10.1 Å². The van der Waals surface area contributed by atoms with E-state index in [1.54, 1.807) is 6.07 Å². The molecule has 5 heteroatoms. The first-order chi connectivity index (χ1) is 10.1. The Balaban J connectivity index is 2.09. The SMILES string of the molecule is CCOc1ccc(NCc2ccc(Br)cc2F)cc1CCl. The highest BCUT2D eigenvalue weighted by atomic mass is 79.9. The number of hydrogen-bond donors (Lipinski definition) is 1. The molecule has 0 saturated carbocycles. The van der Waals surface area contributed by atoms with E-state index in [9.17, 15) is 4.39 Å². The first-order valence-corrected chi connectivity index (χ1v) is 7.96. The van der Waals surface area contributed by atoms with Gasteiger partial charge in [0.1, 0.15) is 11.6 Å². The summed E-state index contributed by atoms with van der Waals surface area (Å²) in [5, 5.41) is 3.20. The molecule has 2 aromatic carbocycles. The number of ether oxygens (including phenoxy) is 1. The van der Waals surface area contributed by atoms with Crippen LogP contribution in [0.4, 0.5) is 10.1 Å². The quantitative estimate of drug-likeness (QED) is 0.691. The van der Waals surface area contributed by atoms with Crippen LogP contribution in [-0.4, -0.2) is 6.61 Å². The smallest absolute Gasteiger partial charge is 0.129 e. The molecule has 2 aromatic rings. The van der Waals surface area contributed by atoms with E-state index in [1.165, 1.54) is 6.07 Å². The molecule has 21 heavy (non-hydrogen) atoms. The largest absolute Gasteiger partial charge is 0.494 e. The van der Waals surface area contributed by atoms with Gasteiger partial charge in [-0.2, -0.15) is 0 Å². The van der Waals surface area contributed by atoms with Crippen molar-refractivity contribution in [3.8, 4) is 5.75 Å². The van der Waals surface area contributed by atoms with Crippen molar-refractivity contribution in [2.75, 3.05) is 11.9 Å². The van der Waals surface area contributed by atoms with Gasteiger partial charge in [0.2, 0.25) is 0 Å².